The largest absolute Gasteiger partial charge is 0.466 e. The van der Waals surface area contributed by atoms with Gasteiger partial charge in [0.25, 0.3) is 0 Å². The van der Waals surface area contributed by atoms with Crippen molar-refractivity contribution >= 4 is 22.6 Å². The first-order valence-electron chi connectivity index (χ1n) is 14.2. The number of hydrogen-bond donors (Lipinski definition) is 0. The fraction of sp³-hybridized carbons (Fsp3) is 0.900. The Balaban J connectivity index is 6.19. The predicted octanol–water partition coefficient (Wildman–Crippen LogP) is 8.47. The molecule has 0 aliphatic heterocycles. The minimum atomic E-state index is -2.04. The van der Waals surface area contributed by atoms with Crippen molar-refractivity contribution in [1.29, 1.82) is 0 Å². The number of carbonyl (C=O) groups excluding carboxylic acids is 1. The number of rotatable bonds is 14. The molecule has 7 unspecified atom stereocenters. The summed E-state index contributed by atoms with van der Waals surface area (Å²) in [6, 6.07) is 0. The molecule has 5 nitrogen and oxygen atoms in total. The second-order valence-electron chi connectivity index (χ2n) is 14.4. The van der Waals surface area contributed by atoms with Gasteiger partial charge in [0.2, 0.25) is 0 Å². The summed E-state index contributed by atoms with van der Waals surface area (Å²) in [5, 5.41) is 0.229. The van der Waals surface area contributed by atoms with E-state index in [0.717, 1.165) is 6.42 Å². The average Bonchev–Trinajstić information content (AvgIpc) is 2.76. The van der Waals surface area contributed by atoms with Gasteiger partial charge in [-0.1, -0.05) is 75.3 Å². The van der Waals surface area contributed by atoms with Crippen molar-refractivity contribution in [2.45, 2.75) is 137 Å². The topological polar surface area (TPSA) is 54.0 Å². The lowest BCUT2D eigenvalue weighted by atomic mass is 9.81. The van der Waals surface area contributed by atoms with Crippen molar-refractivity contribution in [2.75, 3.05) is 14.2 Å². The van der Waals surface area contributed by atoms with Gasteiger partial charge in [-0.15, -0.1) is 0 Å². The van der Waals surface area contributed by atoms with E-state index in [9.17, 15) is 4.79 Å². The Bertz CT molecular complexity index is 720. The monoisotopic (exact) mass is 558 g/mol. The standard InChI is InChI=1S/C30H62O5Si2/c1-21(18-19-26(31)33-13)27(34-36(14,15)29(6,7)8)22(2)20-23(3)28(24(4)25(5)32-12)35-37(16,17)30(9,10)11/h18-19,21-25,27-28H,20H2,1-17H3/b19-18-. The Morgan fingerprint density at radius 3 is 1.54 bits per heavy atom. The lowest BCUT2D eigenvalue weighted by Crippen LogP contribution is -2.50. The quantitative estimate of drug-likeness (QED) is 0.122. The van der Waals surface area contributed by atoms with Crippen LogP contribution in [-0.2, 0) is 23.1 Å². The Morgan fingerprint density at radius 1 is 0.757 bits per heavy atom. The first kappa shape index (κ1) is 36.5. The highest BCUT2D eigenvalue weighted by Crippen LogP contribution is 2.42. The van der Waals surface area contributed by atoms with Crippen molar-refractivity contribution in [3.05, 3.63) is 12.2 Å². The van der Waals surface area contributed by atoms with Crippen LogP contribution in [0.4, 0.5) is 0 Å². The molecular formula is C30H62O5Si2. The molecule has 0 saturated heterocycles. The lowest BCUT2D eigenvalue weighted by Gasteiger charge is -2.45. The Hall–Kier alpha value is -0.476. The molecule has 0 aromatic heterocycles. The van der Waals surface area contributed by atoms with Crippen molar-refractivity contribution in [2.24, 2.45) is 23.7 Å². The maximum Gasteiger partial charge on any atom is 0.330 e. The van der Waals surface area contributed by atoms with Gasteiger partial charge in [-0.2, -0.15) is 0 Å². The first-order chi connectivity index (χ1) is 16.5. The molecule has 0 heterocycles. The number of ether oxygens (including phenoxy) is 2. The third-order valence-corrected chi connectivity index (χ3v) is 18.2. The van der Waals surface area contributed by atoms with Crippen LogP contribution in [0.25, 0.3) is 0 Å². The molecule has 0 radical (unpaired) electrons. The normalized spacial score (nSPS) is 19.7. The van der Waals surface area contributed by atoms with E-state index in [1.54, 1.807) is 7.11 Å². The summed E-state index contributed by atoms with van der Waals surface area (Å²) < 4.78 is 24.7. The molecule has 220 valence electrons. The Kier molecular flexibility index (Phi) is 14.1. The van der Waals surface area contributed by atoms with E-state index in [0.29, 0.717) is 5.92 Å². The van der Waals surface area contributed by atoms with Crippen LogP contribution in [-0.4, -0.2) is 55.1 Å². The first-order valence-corrected chi connectivity index (χ1v) is 20.0. The SMILES string of the molecule is COC(=O)/C=C\C(C)C(O[Si](C)(C)C(C)(C)C)C(C)CC(C)C(O[Si](C)(C)C(C)(C)C)C(C)C(C)OC. The van der Waals surface area contributed by atoms with Crippen molar-refractivity contribution in [1.82, 2.24) is 0 Å². The zero-order valence-corrected chi connectivity index (χ0v) is 29.4. The Morgan fingerprint density at radius 2 is 1.16 bits per heavy atom. The molecule has 37 heavy (non-hydrogen) atoms. The second kappa shape index (κ2) is 14.2. The smallest absolute Gasteiger partial charge is 0.330 e. The van der Waals surface area contributed by atoms with Crippen LogP contribution in [0.1, 0.15) is 82.6 Å². The molecule has 0 saturated carbocycles. The molecule has 7 atom stereocenters. The fourth-order valence-corrected chi connectivity index (χ4v) is 7.22. The number of hydrogen-bond acceptors (Lipinski definition) is 5. The van der Waals surface area contributed by atoms with E-state index in [1.807, 2.05) is 6.08 Å². The van der Waals surface area contributed by atoms with Gasteiger partial charge in [0.1, 0.15) is 0 Å². The zero-order chi connectivity index (χ0) is 29.6. The molecule has 7 heteroatoms. The van der Waals surface area contributed by atoms with Crippen LogP contribution in [0.5, 0.6) is 0 Å². The fourth-order valence-electron chi connectivity index (χ4n) is 4.26. The van der Waals surface area contributed by atoms with Crippen molar-refractivity contribution in [3.8, 4) is 0 Å². The van der Waals surface area contributed by atoms with E-state index < -0.39 is 16.6 Å². The highest BCUT2D eigenvalue weighted by Gasteiger charge is 2.44. The van der Waals surface area contributed by atoms with Crippen LogP contribution in [0.15, 0.2) is 12.2 Å². The number of esters is 1. The maximum atomic E-state index is 11.8. The molecule has 0 aromatic carbocycles. The van der Waals surface area contributed by atoms with Crippen molar-refractivity contribution < 1.29 is 23.1 Å². The maximum absolute atomic E-state index is 11.8. The summed E-state index contributed by atoms with van der Waals surface area (Å²) >= 11 is 0. The lowest BCUT2D eigenvalue weighted by molar-refractivity contribution is -0.134. The summed E-state index contributed by atoms with van der Waals surface area (Å²) in [6.07, 6.45) is 4.64. The van der Waals surface area contributed by atoms with Gasteiger partial charge in [-0.25, -0.2) is 4.79 Å². The summed E-state index contributed by atoms with van der Waals surface area (Å²) in [5.74, 6) is 0.600. The van der Waals surface area contributed by atoms with Crippen LogP contribution >= 0.6 is 0 Å². The summed E-state index contributed by atoms with van der Waals surface area (Å²) in [4.78, 5) is 11.8. The highest BCUT2D eigenvalue weighted by atomic mass is 28.4. The van der Waals surface area contributed by atoms with Crippen molar-refractivity contribution in [3.63, 3.8) is 0 Å². The molecule has 0 spiro atoms. The minimum absolute atomic E-state index is 0.00655. The van der Waals surface area contributed by atoms with E-state index in [4.69, 9.17) is 18.3 Å². The minimum Gasteiger partial charge on any atom is -0.466 e. The zero-order valence-electron chi connectivity index (χ0n) is 27.4. The molecule has 0 aromatic rings. The number of carbonyl (C=O) groups is 1. The highest BCUT2D eigenvalue weighted by molar-refractivity contribution is 6.74. The van der Waals surface area contributed by atoms with Gasteiger partial charge >= 0.3 is 5.97 Å². The van der Waals surface area contributed by atoms with Gasteiger partial charge in [-0.05, 0) is 67.4 Å². The van der Waals surface area contributed by atoms with Crippen LogP contribution in [0.2, 0.25) is 36.3 Å². The van der Waals surface area contributed by atoms with Crippen LogP contribution in [0, 0.1) is 23.7 Å². The summed E-state index contributed by atoms with van der Waals surface area (Å²) in [6.45, 7) is 34.2. The third-order valence-electron chi connectivity index (χ3n) is 9.22. The van der Waals surface area contributed by atoms with E-state index in [2.05, 4.69) is 102 Å². The van der Waals surface area contributed by atoms with Gasteiger partial charge < -0.3 is 18.3 Å². The molecular weight excluding hydrogens is 496 g/mol. The average molecular weight is 559 g/mol. The molecule has 0 N–H and O–H groups in total. The molecule has 0 aliphatic carbocycles. The number of methoxy groups -OCH3 is 2. The van der Waals surface area contributed by atoms with Crippen LogP contribution < -0.4 is 0 Å². The van der Waals surface area contributed by atoms with Crippen LogP contribution in [0.3, 0.4) is 0 Å². The van der Waals surface area contributed by atoms with Gasteiger partial charge in [-0.3, -0.25) is 0 Å². The third kappa shape index (κ3) is 10.9. The summed E-state index contributed by atoms with van der Waals surface area (Å²) in [7, 11) is -0.826. The van der Waals surface area contributed by atoms with Gasteiger partial charge in [0, 0.05) is 19.1 Å². The molecule has 0 fully saturated rings. The van der Waals surface area contributed by atoms with E-state index in [-0.39, 0.29) is 52.1 Å². The molecule has 0 rings (SSSR count). The molecule has 0 bridgehead atoms. The molecule has 0 amide bonds. The van der Waals surface area contributed by atoms with E-state index in [1.165, 1.54) is 13.2 Å². The van der Waals surface area contributed by atoms with E-state index >= 15 is 0 Å². The molecule has 0 aliphatic rings. The van der Waals surface area contributed by atoms with Gasteiger partial charge in [0.05, 0.1) is 25.4 Å². The van der Waals surface area contributed by atoms with Gasteiger partial charge in [0.15, 0.2) is 16.6 Å². The second-order valence-corrected chi connectivity index (χ2v) is 23.9. The summed E-state index contributed by atoms with van der Waals surface area (Å²) in [5.41, 5.74) is 0. The predicted molar refractivity (Wildman–Crippen MR) is 163 cm³/mol. The Labute approximate surface area is 232 Å².